The number of hydrogen-bond donors (Lipinski definition) is 2. The molecule has 126 valence electrons. The van der Waals surface area contributed by atoms with E-state index in [1.165, 1.54) is 18.3 Å². The predicted molar refractivity (Wildman–Crippen MR) is 89.0 cm³/mol. The molecule has 2 rings (SSSR count). The lowest BCUT2D eigenvalue weighted by molar-refractivity contribution is 0.0945. The lowest BCUT2D eigenvalue weighted by atomic mass is 10.1. The van der Waals surface area contributed by atoms with Gasteiger partial charge < -0.3 is 10.6 Å². The van der Waals surface area contributed by atoms with Gasteiger partial charge in [0, 0.05) is 30.4 Å². The topological polar surface area (TPSA) is 71.1 Å². The lowest BCUT2D eigenvalue weighted by Gasteiger charge is -2.09. The average molecular weight is 329 g/mol. The summed E-state index contributed by atoms with van der Waals surface area (Å²) in [5.41, 5.74) is 0.863. The zero-order valence-electron chi connectivity index (χ0n) is 13.7. The molecule has 24 heavy (non-hydrogen) atoms. The minimum atomic E-state index is -0.461. The number of hydrogen-bond acceptors (Lipinski definition) is 3. The van der Waals surface area contributed by atoms with Crippen molar-refractivity contribution in [3.05, 3.63) is 65.2 Å². The highest BCUT2D eigenvalue weighted by Crippen LogP contribution is 2.07. The molecule has 0 fully saturated rings. The van der Waals surface area contributed by atoms with E-state index in [4.69, 9.17) is 0 Å². The van der Waals surface area contributed by atoms with Crippen LogP contribution in [0.15, 0.2) is 42.6 Å². The van der Waals surface area contributed by atoms with Gasteiger partial charge in [-0.15, -0.1) is 0 Å². The Balaban J connectivity index is 2.01. The highest BCUT2D eigenvalue weighted by atomic mass is 19.1. The summed E-state index contributed by atoms with van der Waals surface area (Å²) in [5, 5.41) is 5.38. The van der Waals surface area contributed by atoms with Gasteiger partial charge in [0.05, 0.1) is 0 Å². The first-order valence-corrected chi connectivity index (χ1v) is 7.73. The molecule has 5 nitrogen and oxygen atoms in total. The van der Waals surface area contributed by atoms with Crippen molar-refractivity contribution in [3.63, 3.8) is 0 Å². The van der Waals surface area contributed by atoms with E-state index in [2.05, 4.69) is 15.6 Å². The second-order valence-corrected chi connectivity index (χ2v) is 5.81. The molecule has 0 atom stereocenters. The molecular formula is C18H20FN3O2. The Labute approximate surface area is 140 Å². The Morgan fingerprint density at radius 3 is 2.58 bits per heavy atom. The summed E-state index contributed by atoms with van der Waals surface area (Å²) >= 11 is 0. The van der Waals surface area contributed by atoms with Crippen molar-refractivity contribution in [1.82, 2.24) is 15.6 Å². The fourth-order valence-electron chi connectivity index (χ4n) is 2.00. The third-order valence-corrected chi connectivity index (χ3v) is 3.32. The molecule has 2 N–H and O–H groups in total. The van der Waals surface area contributed by atoms with Crippen molar-refractivity contribution in [1.29, 1.82) is 0 Å². The Kier molecular flexibility index (Phi) is 6.01. The molecule has 0 bridgehead atoms. The number of pyridine rings is 1. The molecule has 6 heteroatoms. The standard InChI is InChI=1S/C18H20FN3O2/c1-12(2)10-21-17(23)13-7-8-20-16(9-13)18(24)22-11-14-5-3-4-6-15(14)19/h3-9,12H,10-11H2,1-2H3,(H,21,23)(H,22,24). The highest BCUT2D eigenvalue weighted by molar-refractivity contribution is 5.98. The summed E-state index contributed by atoms with van der Waals surface area (Å²) in [6.45, 7) is 4.59. The van der Waals surface area contributed by atoms with Crippen LogP contribution in [-0.4, -0.2) is 23.3 Å². The maximum atomic E-state index is 13.5. The number of halogens is 1. The van der Waals surface area contributed by atoms with E-state index in [1.54, 1.807) is 24.3 Å². The monoisotopic (exact) mass is 329 g/mol. The molecule has 0 aliphatic rings. The van der Waals surface area contributed by atoms with Gasteiger partial charge in [-0.3, -0.25) is 14.6 Å². The molecule has 2 amide bonds. The number of amides is 2. The highest BCUT2D eigenvalue weighted by Gasteiger charge is 2.12. The number of carbonyl (C=O) groups excluding carboxylic acids is 2. The van der Waals surface area contributed by atoms with Crippen LogP contribution in [0.4, 0.5) is 4.39 Å². The van der Waals surface area contributed by atoms with Gasteiger partial charge in [-0.05, 0) is 24.1 Å². The van der Waals surface area contributed by atoms with E-state index in [0.29, 0.717) is 23.6 Å². The van der Waals surface area contributed by atoms with Crippen molar-refractivity contribution in [2.45, 2.75) is 20.4 Å². The van der Waals surface area contributed by atoms with Crippen LogP contribution in [0.1, 0.15) is 40.3 Å². The van der Waals surface area contributed by atoms with E-state index >= 15 is 0 Å². The zero-order valence-corrected chi connectivity index (χ0v) is 13.7. The van der Waals surface area contributed by atoms with E-state index < -0.39 is 5.91 Å². The van der Waals surface area contributed by atoms with E-state index in [-0.39, 0.29) is 24.0 Å². The molecule has 0 spiro atoms. The summed E-state index contributed by atoms with van der Waals surface area (Å²) in [6, 6.07) is 9.18. The van der Waals surface area contributed by atoms with Crippen molar-refractivity contribution in [2.24, 2.45) is 5.92 Å². The van der Waals surface area contributed by atoms with E-state index in [0.717, 1.165) is 0 Å². The summed E-state index contributed by atoms with van der Waals surface area (Å²) < 4.78 is 13.5. The van der Waals surface area contributed by atoms with Gasteiger partial charge in [-0.25, -0.2) is 4.39 Å². The van der Waals surface area contributed by atoms with Gasteiger partial charge in [-0.2, -0.15) is 0 Å². The molecule has 0 saturated heterocycles. The fraction of sp³-hybridized carbons (Fsp3) is 0.278. The summed E-state index contributed by atoms with van der Waals surface area (Å²) in [4.78, 5) is 28.1. The molecule has 1 heterocycles. The van der Waals surface area contributed by atoms with Crippen LogP contribution in [-0.2, 0) is 6.54 Å². The zero-order chi connectivity index (χ0) is 17.5. The summed E-state index contributed by atoms with van der Waals surface area (Å²) in [6.07, 6.45) is 1.41. The third-order valence-electron chi connectivity index (χ3n) is 3.32. The summed E-state index contributed by atoms with van der Waals surface area (Å²) in [5.74, 6) is -0.766. The van der Waals surface area contributed by atoms with Crippen molar-refractivity contribution < 1.29 is 14.0 Å². The average Bonchev–Trinajstić information content (AvgIpc) is 2.58. The second kappa shape index (κ2) is 8.19. The van der Waals surface area contributed by atoms with Crippen LogP contribution < -0.4 is 10.6 Å². The number of nitrogens with one attached hydrogen (secondary N) is 2. The molecule has 1 aromatic carbocycles. The molecule has 0 saturated carbocycles. The molecule has 1 aromatic heterocycles. The molecule has 0 radical (unpaired) electrons. The summed E-state index contributed by atoms with van der Waals surface area (Å²) in [7, 11) is 0. The number of nitrogens with zero attached hydrogens (tertiary/aromatic N) is 1. The SMILES string of the molecule is CC(C)CNC(=O)c1ccnc(C(=O)NCc2ccccc2F)c1. The van der Waals surface area contributed by atoms with Crippen molar-refractivity contribution >= 4 is 11.8 Å². The Morgan fingerprint density at radius 2 is 1.88 bits per heavy atom. The van der Waals surface area contributed by atoms with Gasteiger partial charge in [-0.1, -0.05) is 32.0 Å². The Hall–Kier alpha value is -2.76. The predicted octanol–water partition coefficient (Wildman–Crippen LogP) is 2.54. The number of carbonyl (C=O) groups is 2. The van der Waals surface area contributed by atoms with Crippen LogP contribution in [0.3, 0.4) is 0 Å². The van der Waals surface area contributed by atoms with Gasteiger partial charge in [0.25, 0.3) is 11.8 Å². The minimum Gasteiger partial charge on any atom is -0.352 e. The van der Waals surface area contributed by atoms with Crippen molar-refractivity contribution in [2.75, 3.05) is 6.54 Å². The minimum absolute atomic E-state index is 0.0525. The first-order valence-electron chi connectivity index (χ1n) is 7.73. The van der Waals surface area contributed by atoms with Crippen LogP contribution in [0, 0.1) is 11.7 Å². The largest absolute Gasteiger partial charge is 0.352 e. The molecule has 2 aromatic rings. The molecular weight excluding hydrogens is 309 g/mol. The van der Waals surface area contributed by atoms with Crippen LogP contribution in [0.25, 0.3) is 0 Å². The van der Waals surface area contributed by atoms with Crippen molar-refractivity contribution in [3.8, 4) is 0 Å². The smallest absolute Gasteiger partial charge is 0.270 e. The molecule has 0 unspecified atom stereocenters. The number of benzene rings is 1. The number of aromatic nitrogens is 1. The van der Waals surface area contributed by atoms with Gasteiger partial charge in [0.2, 0.25) is 0 Å². The van der Waals surface area contributed by atoms with E-state index in [9.17, 15) is 14.0 Å². The Morgan fingerprint density at radius 1 is 1.12 bits per heavy atom. The third kappa shape index (κ3) is 4.87. The fourth-order valence-corrected chi connectivity index (χ4v) is 2.00. The first kappa shape index (κ1) is 17.6. The van der Waals surface area contributed by atoms with E-state index in [1.807, 2.05) is 13.8 Å². The molecule has 0 aliphatic heterocycles. The van der Waals surface area contributed by atoms with Crippen LogP contribution in [0.5, 0.6) is 0 Å². The lowest BCUT2D eigenvalue weighted by Crippen LogP contribution is -2.28. The second-order valence-electron chi connectivity index (χ2n) is 5.81. The van der Waals surface area contributed by atoms with Gasteiger partial charge >= 0.3 is 0 Å². The Bertz CT molecular complexity index is 732. The maximum Gasteiger partial charge on any atom is 0.270 e. The maximum absolute atomic E-state index is 13.5. The normalized spacial score (nSPS) is 10.5. The van der Waals surface area contributed by atoms with Gasteiger partial charge in [0.15, 0.2) is 0 Å². The van der Waals surface area contributed by atoms with Gasteiger partial charge in [0.1, 0.15) is 11.5 Å². The van der Waals surface area contributed by atoms with Crippen LogP contribution in [0.2, 0.25) is 0 Å². The number of rotatable bonds is 6. The quantitative estimate of drug-likeness (QED) is 0.855. The molecule has 0 aliphatic carbocycles. The first-order chi connectivity index (χ1) is 11.5. The van der Waals surface area contributed by atoms with Crippen LogP contribution >= 0.6 is 0 Å².